The molecule has 0 saturated heterocycles. The molecule has 0 fully saturated rings. The third kappa shape index (κ3) is 4.94. The molecule has 5 nitrogen and oxygen atoms in total. The van der Waals surface area contributed by atoms with Gasteiger partial charge in [-0.25, -0.2) is 9.07 Å². The lowest BCUT2D eigenvalue weighted by atomic mass is 10.2. The lowest BCUT2D eigenvalue weighted by Crippen LogP contribution is -2.27. The van der Waals surface area contributed by atoms with Gasteiger partial charge in [0, 0.05) is 16.5 Å². The maximum atomic E-state index is 13.6. The molecule has 3 aromatic rings. The van der Waals surface area contributed by atoms with Crippen LogP contribution in [0.5, 0.6) is 0 Å². The van der Waals surface area contributed by atoms with Crippen LogP contribution in [0.3, 0.4) is 0 Å². The molecule has 1 aromatic heterocycles. The summed E-state index contributed by atoms with van der Waals surface area (Å²) in [6.45, 7) is 1.71. The number of halogens is 2. The number of thioether (sulfide) groups is 1. The number of benzene rings is 2. The van der Waals surface area contributed by atoms with Crippen LogP contribution in [0.1, 0.15) is 11.1 Å². The average molecular weight is 408 g/mol. The summed E-state index contributed by atoms with van der Waals surface area (Å²) in [7, 11) is 0. The third-order valence-electron chi connectivity index (χ3n) is 3.45. The SMILES string of the molecule is Cc1ccc(NC(=S)Nn2cnnc2SCc2ccc(Cl)cc2)cc1F. The van der Waals surface area contributed by atoms with Crippen molar-refractivity contribution in [2.45, 2.75) is 17.8 Å². The van der Waals surface area contributed by atoms with E-state index in [1.165, 1.54) is 24.2 Å². The van der Waals surface area contributed by atoms with Gasteiger partial charge in [0.15, 0.2) is 5.11 Å². The molecular weight excluding hydrogens is 393 g/mol. The Hall–Kier alpha value is -2.16. The third-order valence-corrected chi connectivity index (χ3v) is 4.91. The van der Waals surface area contributed by atoms with Crippen molar-refractivity contribution in [3.8, 4) is 0 Å². The highest BCUT2D eigenvalue weighted by Crippen LogP contribution is 2.21. The molecule has 134 valence electrons. The zero-order valence-corrected chi connectivity index (χ0v) is 16.1. The Balaban J connectivity index is 1.59. The van der Waals surface area contributed by atoms with E-state index in [1.807, 2.05) is 24.3 Å². The Kier molecular flexibility index (Phi) is 6.08. The number of thiocarbonyl (C=S) groups is 1. The van der Waals surface area contributed by atoms with Crippen molar-refractivity contribution in [2.24, 2.45) is 0 Å². The van der Waals surface area contributed by atoms with Crippen LogP contribution in [0, 0.1) is 12.7 Å². The van der Waals surface area contributed by atoms with Gasteiger partial charge in [0.1, 0.15) is 12.1 Å². The number of hydrogen-bond donors (Lipinski definition) is 2. The standard InChI is InChI=1S/C17H15ClFN5S2/c1-11-2-7-14(8-15(11)19)21-16(25)23-24-10-20-22-17(24)26-9-12-3-5-13(18)6-4-12/h2-8,10H,9H2,1H3,(H2,21,23,25). The molecule has 0 bridgehead atoms. The first kappa shape index (κ1) is 18.6. The summed E-state index contributed by atoms with van der Waals surface area (Å²) in [5.74, 6) is 0.419. The van der Waals surface area contributed by atoms with Crippen LogP contribution in [0.4, 0.5) is 10.1 Å². The molecule has 2 N–H and O–H groups in total. The quantitative estimate of drug-likeness (QED) is 0.475. The second-order valence-electron chi connectivity index (χ2n) is 5.43. The van der Waals surface area contributed by atoms with Crippen LogP contribution >= 0.6 is 35.6 Å². The average Bonchev–Trinajstić information content (AvgIpc) is 3.04. The van der Waals surface area contributed by atoms with E-state index in [0.717, 1.165) is 5.56 Å². The topological polar surface area (TPSA) is 54.8 Å². The second-order valence-corrected chi connectivity index (χ2v) is 7.22. The summed E-state index contributed by atoms with van der Waals surface area (Å²) in [5, 5.41) is 12.6. The summed E-state index contributed by atoms with van der Waals surface area (Å²) in [6.07, 6.45) is 1.52. The van der Waals surface area contributed by atoms with Crippen molar-refractivity contribution >= 4 is 46.4 Å². The first-order valence-electron chi connectivity index (χ1n) is 7.63. The first-order valence-corrected chi connectivity index (χ1v) is 9.40. The Morgan fingerprint density at radius 3 is 2.77 bits per heavy atom. The van der Waals surface area contributed by atoms with Crippen molar-refractivity contribution in [1.82, 2.24) is 14.9 Å². The van der Waals surface area contributed by atoms with Crippen LogP contribution in [-0.2, 0) is 5.75 Å². The minimum Gasteiger partial charge on any atom is -0.331 e. The highest BCUT2D eigenvalue weighted by atomic mass is 35.5. The van der Waals surface area contributed by atoms with Crippen LogP contribution < -0.4 is 10.7 Å². The van der Waals surface area contributed by atoms with Crippen LogP contribution in [0.25, 0.3) is 0 Å². The fourth-order valence-electron chi connectivity index (χ4n) is 2.07. The van der Waals surface area contributed by atoms with E-state index in [1.54, 1.807) is 23.7 Å². The summed E-state index contributed by atoms with van der Waals surface area (Å²) >= 11 is 12.7. The maximum absolute atomic E-state index is 13.6. The number of anilines is 1. The Morgan fingerprint density at radius 2 is 2.04 bits per heavy atom. The zero-order chi connectivity index (χ0) is 18.5. The number of aryl methyl sites for hydroxylation is 1. The molecular formula is C17H15ClFN5S2. The zero-order valence-electron chi connectivity index (χ0n) is 13.7. The van der Waals surface area contributed by atoms with Gasteiger partial charge < -0.3 is 5.32 Å². The Labute approximate surface area is 164 Å². The van der Waals surface area contributed by atoms with Gasteiger partial charge in [0.25, 0.3) is 0 Å². The molecule has 0 unspecified atom stereocenters. The first-order chi connectivity index (χ1) is 12.5. The molecule has 0 spiro atoms. The van der Waals surface area contributed by atoms with Crippen molar-refractivity contribution < 1.29 is 4.39 Å². The number of nitrogens with zero attached hydrogens (tertiary/aromatic N) is 3. The van der Waals surface area contributed by atoms with Crippen molar-refractivity contribution in [2.75, 3.05) is 10.7 Å². The fraction of sp³-hybridized carbons (Fsp3) is 0.118. The lowest BCUT2D eigenvalue weighted by Gasteiger charge is -2.12. The normalized spacial score (nSPS) is 10.6. The van der Waals surface area contributed by atoms with Gasteiger partial charge in [-0.1, -0.05) is 41.6 Å². The minimum absolute atomic E-state index is 0.290. The number of hydrogen-bond acceptors (Lipinski definition) is 4. The van der Waals surface area contributed by atoms with E-state index in [9.17, 15) is 4.39 Å². The summed E-state index contributed by atoms with van der Waals surface area (Å²) in [4.78, 5) is 0. The Morgan fingerprint density at radius 1 is 1.27 bits per heavy atom. The van der Waals surface area contributed by atoms with E-state index in [-0.39, 0.29) is 5.82 Å². The van der Waals surface area contributed by atoms with Gasteiger partial charge >= 0.3 is 0 Å². The van der Waals surface area contributed by atoms with Gasteiger partial charge in [-0.05, 0) is 54.5 Å². The van der Waals surface area contributed by atoms with Crippen molar-refractivity contribution in [3.63, 3.8) is 0 Å². The van der Waals surface area contributed by atoms with Gasteiger partial charge in [0.05, 0.1) is 0 Å². The molecule has 0 aliphatic carbocycles. The maximum Gasteiger partial charge on any atom is 0.210 e. The fourth-order valence-corrected chi connectivity index (χ4v) is 3.23. The van der Waals surface area contributed by atoms with E-state index in [2.05, 4.69) is 20.9 Å². The van der Waals surface area contributed by atoms with Crippen molar-refractivity contribution in [1.29, 1.82) is 0 Å². The summed E-state index contributed by atoms with van der Waals surface area (Å²) < 4.78 is 15.2. The molecule has 0 radical (unpaired) electrons. The lowest BCUT2D eigenvalue weighted by molar-refractivity contribution is 0.619. The smallest absolute Gasteiger partial charge is 0.210 e. The number of rotatable bonds is 5. The van der Waals surface area contributed by atoms with Gasteiger partial charge in [-0.3, -0.25) is 5.43 Å². The minimum atomic E-state index is -0.290. The molecule has 0 amide bonds. The van der Waals surface area contributed by atoms with E-state index >= 15 is 0 Å². The van der Waals surface area contributed by atoms with E-state index in [0.29, 0.717) is 32.3 Å². The summed E-state index contributed by atoms with van der Waals surface area (Å²) in [6, 6.07) is 12.5. The van der Waals surface area contributed by atoms with E-state index < -0.39 is 0 Å². The molecule has 0 aliphatic heterocycles. The number of aromatic nitrogens is 3. The van der Waals surface area contributed by atoms with Crippen LogP contribution in [0.15, 0.2) is 53.9 Å². The molecule has 0 saturated carbocycles. The highest BCUT2D eigenvalue weighted by molar-refractivity contribution is 7.98. The molecule has 0 aliphatic rings. The Bertz CT molecular complexity index is 914. The molecule has 0 atom stereocenters. The highest BCUT2D eigenvalue weighted by Gasteiger charge is 2.08. The molecule has 3 rings (SSSR count). The van der Waals surface area contributed by atoms with Gasteiger partial charge in [-0.15, -0.1) is 10.2 Å². The largest absolute Gasteiger partial charge is 0.331 e. The molecule has 1 heterocycles. The second kappa shape index (κ2) is 8.48. The predicted molar refractivity (Wildman–Crippen MR) is 108 cm³/mol. The van der Waals surface area contributed by atoms with Crippen LogP contribution in [-0.4, -0.2) is 20.0 Å². The summed E-state index contributed by atoms with van der Waals surface area (Å²) in [5.41, 5.74) is 5.22. The van der Waals surface area contributed by atoms with Crippen molar-refractivity contribution in [3.05, 3.63) is 70.8 Å². The van der Waals surface area contributed by atoms with Crippen LogP contribution in [0.2, 0.25) is 5.02 Å². The van der Waals surface area contributed by atoms with E-state index in [4.69, 9.17) is 23.8 Å². The molecule has 26 heavy (non-hydrogen) atoms. The monoisotopic (exact) mass is 407 g/mol. The van der Waals surface area contributed by atoms with Gasteiger partial charge in [-0.2, -0.15) is 0 Å². The molecule has 2 aromatic carbocycles. The predicted octanol–water partition coefficient (Wildman–Crippen LogP) is 4.61. The van der Waals surface area contributed by atoms with Gasteiger partial charge in [0.2, 0.25) is 5.16 Å². The molecule has 9 heteroatoms. The number of nitrogens with one attached hydrogen (secondary N) is 2.